The summed E-state index contributed by atoms with van der Waals surface area (Å²) >= 11 is 0. The number of ether oxygens (including phenoxy) is 1. The lowest BCUT2D eigenvalue weighted by atomic mass is 10.0. The van der Waals surface area contributed by atoms with Crippen LogP contribution in [0.15, 0.2) is 6.33 Å². The lowest BCUT2D eigenvalue weighted by Gasteiger charge is -2.23. The topological polar surface area (TPSA) is 59.1 Å². The first-order valence-electron chi connectivity index (χ1n) is 7.03. The molecule has 0 spiro atoms. The Morgan fingerprint density at radius 3 is 2.42 bits per heavy atom. The Kier molecular flexibility index (Phi) is 6.39. The van der Waals surface area contributed by atoms with Gasteiger partial charge in [0.2, 0.25) is 5.75 Å². The van der Waals surface area contributed by atoms with Crippen LogP contribution in [0.2, 0.25) is 0 Å². The highest BCUT2D eigenvalue weighted by molar-refractivity contribution is 5.63. The summed E-state index contributed by atoms with van der Waals surface area (Å²) < 4.78 is 5.45. The van der Waals surface area contributed by atoms with E-state index in [9.17, 15) is 0 Å². The molecular weight excluding hydrogens is 240 g/mol. The maximum atomic E-state index is 5.45. The fourth-order valence-electron chi connectivity index (χ4n) is 1.95. The highest BCUT2D eigenvalue weighted by Gasteiger charge is 2.17. The monoisotopic (exact) mass is 266 g/mol. The molecule has 0 saturated heterocycles. The molecular formula is C14H26N4O. The van der Waals surface area contributed by atoms with Crippen molar-refractivity contribution >= 4 is 11.6 Å². The maximum Gasteiger partial charge on any atom is 0.204 e. The molecule has 1 heterocycles. The molecule has 19 heavy (non-hydrogen) atoms. The predicted octanol–water partition coefficient (Wildman–Crippen LogP) is 3.15. The fourth-order valence-corrected chi connectivity index (χ4v) is 1.95. The fraction of sp³-hybridized carbons (Fsp3) is 0.714. The lowest BCUT2D eigenvalue weighted by molar-refractivity contribution is 0.412. The number of hydrogen-bond acceptors (Lipinski definition) is 5. The first-order valence-corrected chi connectivity index (χ1v) is 7.03. The molecule has 0 fully saturated rings. The molecule has 1 aromatic heterocycles. The summed E-state index contributed by atoms with van der Waals surface area (Å²) in [5.74, 6) is 2.74. The summed E-state index contributed by atoms with van der Waals surface area (Å²) in [5, 5.41) is 6.71. The number of anilines is 2. The average molecular weight is 266 g/mol. The smallest absolute Gasteiger partial charge is 0.204 e. The minimum Gasteiger partial charge on any atom is -0.490 e. The van der Waals surface area contributed by atoms with Gasteiger partial charge in [0.1, 0.15) is 6.33 Å². The Bertz CT molecular complexity index is 382. The van der Waals surface area contributed by atoms with Crippen LogP contribution < -0.4 is 15.4 Å². The molecule has 1 aromatic rings. The van der Waals surface area contributed by atoms with Gasteiger partial charge >= 0.3 is 0 Å². The second-order valence-electron chi connectivity index (χ2n) is 4.93. The van der Waals surface area contributed by atoms with Crippen molar-refractivity contribution < 1.29 is 4.74 Å². The van der Waals surface area contributed by atoms with E-state index in [-0.39, 0.29) is 0 Å². The molecule has 0 bridgehead atoms. The van der Waals surface area contributed by atoms with E-state index in [0.717, 1.165) is 31.0 Å². The van der Waals surface area contributed by atoms with Crippen molar-refractivity contribution in [1.29, 1.82) is 0 Å². The molecule has 0 saturated carbocycles. The number of methoxy groups -OCH3 is 1. The Balaban J connectivity index is 2.93. The predicted molar refractivity (Wildman–Crippen MR) is 79.9 cm³/mol. The van der Waals surface area contributed by atoms with Gasteiger partial charge in [-0.2, -0.15) is 0 Å². The van der Waals surface area contributed by atoms with Gasteiger partial charge in [-0.3, -0.25) is 0 Å². The number of aromatic nitrogens is 2. The van der Waals surface area contributed by atoms with Gasteiger partial charge in [0.15, 0.2) is 11.6 Å². The summed E-state index contributed by atoms with van der Waals surface area (Å²) in [5.41, 5.74) is 0. The summed E-state index contributed by atoms with van der Waals surface area (Å²) in [6, 6.07) is 0.378. The van der Waals surface area contributed by atoms with Crippen LogP contribution in [0.25, 0.3) is 0 Å². The van der Waals surface area contributed by atoms with Crippen molar-refractivity contribution in [3.8, 4) is 5.75 Å². The van der Waals surface area contributed by atoms with E-state index >= 15 is 0 Å². The van der Waals surface area contributed by atoms with Crippen LogP contribution in [0.4, 0.5) is 11.6 Å². The highest BCUT2D eigenvalue weighted by atomic mass is 16.5. The third-order valence-corrected chi connectivity index (χ3v) is 3.12. The Morgan fingerprint density at radius 2 is 1.89 bits per heavy atom. The molecule has 1 unspecified atom stereocenters. The minimum atomic E-state index is 0.378. The van der Waals surface area contributed by atoms with E-state index < -0.39 is 0 Å². The second-order valence-corrected chi connectivity index (χ2v) is 4.93. The van der Waals surface area contributed by atoms with Crippen LogP contribution in [0.3, 0.4) is 0 Å². The number of nitrogens with zero attached hydrogens (tertiary/aromatic N) is 2. The first-order chi connectivity index (χ1) is 9.13. The van der Waals surface area contributed by atoms with Gasteiger partial charge in [0.25, 0.3) is 0 Å². The van der Waals surface area contributed by atoms with E-state index in [1.165, 1.54) is 0 Å². The van der Waals surface area contributed by atoms with Crippen LogP contribution in [0.1, 0.15) is 40.5 Å². The van der Waals surface area contributed by atoms with Crippen molar-refractivity contribution in [2.45, 2.75) is 46.6 Å². The van der Waals surface area contributed by atoms with Gasteiger partial charge in [-0.15, -0.1) is 0 Å². The summed E-state index contributed by atoms with van der Waals surface area (Å²) in [4.78, 5) is 8.54. The Labute approximate surface area is 116 Å². The quantitative estimate of drug-likeness (QED) is 0.757. The van der Waals surface area contributed by atoms with Crippen LogP contribution in [-0.4, -0.2) is 29.7 Å². The number of nitrogens with one attached hydrogen (secondary N) is 2. The van der Waals surface area contributed by atoms with Crippen LogP contribution in [0.5, 0.6) is 5.75 Å². The van der Waals surface area contributed by atoms with Crippen molar-refractivity contribution in [3.05, 3.63) is 6.33 Å². The first kappa shape index (κ1) is 15.5. The van der Waals surface area contributed by atoms with E-state index in [0.29, 0.717) is 17.7 Å². The second kappa shape index (κ2) is 7.81. The average Bonchev–Trinajstić information content (AvgIpc) is 2.41. The number of rotatable bonds is 8. The minimum absolute atomic E-state index is 0.378. The molecule has 0 amide bonds. The molecule has 0 aliphatic rings. The standard InChI is InChI=1S/C14H26N4O/c1-6-8-15-13-12(19-5)14(17-9-16-13)18-11(7-2)10(3)4/h9-11H,6-8H2,1-5H3,(H2,15,16,17,18). The molecule has 0 radical (unpaired) electrons. The maximum absolute atomic E-state index is 5.45. The molecule has 0 aromatic carbocycles. The van der Waals surface area contributed by atoms with Crippen LogP contribution in [-0.2, 0) is 0 Å². The van der Waals surface area contributed by atoms with Gasteiger partial charge in [-0.25, -0.2) is 9.97 Å². The van der Waals surface area contributed by atoms with Crippen molar-refractivity contribution in [2.75, 3.05) is 24.3 Å². The van der Waals surface area contributed by atoms with Crippen molar-refractivity contribution in [1.82, 2.24) is 9.97 Å². The molecule has 0 aliphatic carbocycles. The van der Waals surface area contributed by atoms with Gasteiger partial charge in [-0.1, -0.05) is 27.7 Å². The van der Waals surface area contributed by atoms with Crippen molar-refractivity contribution in [2.24, 2.45) is 5.92 Å². The molecule has 1 atom stereocenters. The van der Waals surface area contributed by atoms with Gasteiger partial charge in [-0.05, 0) is 18.8 Å². The Morgan fingerprint density at radius 1 is 1.21 bits per heavy atom. The molecule has 2 N–H and O–H groups in total. The number of hydrogen-bond donors (Lipinski definition) is 2. The molecule has 5 nitrogen and oxygen atoms in total. The van der Waals surface area contributed by atoms with Gasteiger partial charge < -0.3 is 15.4 Å². The zero-order valence-corrected chi connectivity index (χ0v) is 12.7. The van der Waals surface area contributed by atoms with Crippen LogP contribution >= 0.6 is 0 Å². The van der Waals surface area contributed by atoms with E-state index in [2.05, 4.69) is 48.3 Å². The van der Waals surface area contributed by atoms with E-state index in [4.69, 9.17) is 4.74 Å². The Hall–Kier alpha value is -1.52. The van der Waals surface area contributed by atoms with Crippen LogP contribution in [0, 0.1) is 5.92 Å². The largest absolute Gasteiger partial charge is 0.490 e. The zero-order chi connectivity index (χ0) is 14.3. The zero-order valence-electron chi connectivity index (χ0n) is 12.7. The third-order valence-electron chi connectivity index (χ3n) is 3.12. The molecule has 1 rings (SSSR count). The summed E-state index contributed by atoms with van der Waals surface area (Å²) in [7, 11) is 1.65. The molecule has 0 aliphatic heterocycles. The van der Waals surface area contributed by atoms with Crippen molar-refractivity contribution in [3.63, 3.8) is 0 Å². The molecule has 108 valence electrons. The SMILES string of the molecule is CCCNc1ncnc(NC(CC)C(C)C)c1OC. The van der Waals surface area contributed by atoms with E-state index in [1.807, 2.05) is 0 Å². The van der Waals surface area contributed by atoms with Gasteiger partial charge in [0.05, 0.1) is 7.11 Å². The summed E-state index contributed by atoms with van der Waals surface area (Å²) in [6.07, 6.45) is 3.65. The highest BCUT2D eigenvalue weighted by Crippen LogP contribution is 2.30. The third kappa shape index (κ3) is 4.26. The normalized spacial score (nSPS) is 12.3. The van der Waals surface area contributed by atoms with E-state index in [1.54, 1.807) is 13.4 Å². The van der Waals surface area contributed by atoms with Gasteiger partial charge in [0, 0.05) is 12.6 Å². The molecule has 5 heteroatoms. The summed E-state index contributed by atoms with van der Waals surface area (Å²) in [6.45, 7) is 9.55. The lowest BCUT2D eigenvalue weighted by Crippen LogP contribution is -2.25.